The van der Waals surface area contributed by atoms with E-state index < -0.39 is 6.03 Å². The van der Waals surface area contributed by atoms with Crippen LogP contribution < -0.4 is 21.1 Å². The van der Waals surface area contributed by atoms with E-state index in [4.69, 9.17) is 10.5 Å². The van der Waals surface area contributed by atoms with Crippen LogP contribution in [0, 0.1) is 0 Å². The number of urea groups is 1. The molecule has 0 saturated heterocycles. The van der Waals surface area contributed by atoms with Crippen LogP contribution in [0.4, 0.5) is 16.2 Å². The summed E-state index contributed by atoms with van der Waals surface area (Å²) in [7, 11) is 0. The van der Waals surface area contributed by atoms with Crippen molar-refractivity contribution >= 4 is 29.4 Å². The van der Waals surface area contributed by atoms with Gasteiger partial charge in [0.15, 0.2) is 0 Å². The predicted molar refractivity (Wildman–Crippen MR) is 88.2 cm³/mol. The SMILES string of the molecule is NC(=O)Nc1cccc(NC(=O)C2=Cc3ccccc3OC2)c1. The van der Waals surface area contributed by atoms with E-state index >= 15 is 0 Å². The molecular weight excluding hydrogens is 294 g/mol. The Labute approximate surface area is 132 Å². The normalized spacial score (nSPS) is 12.4. The molecule has 1 aliphatic heterocycles. The minimum Gasteiger partial charge on any atom is -0.488 e. The first-order valence-corrected chi connectivity index (χ1v) is 7.02. The van der Waals surface area contributed by atoms with Gasteiger partial charge in [0.25, 0.3) is 5.91 Å². The molecule has 0 aliphatic carbocycles. The minimum absolute atomic E-state index is 0.210. The average molecular weight is 309 g/mol. The molecule has 0 aromatic heterocycles. The minimum atomic E-state index is -0.659. The third kappa shape index (κ3) is 3.49. The number of nitrogens with one attached hydrogen (secondary N) is 2. The molecule has 4 N–H and O–H groups in total. The van der Waals surface area contributed by atoms with Crippen LogP contribution in [-0.2, 0) is 4.79 Å². The van der Waals surface area contributed by atoms with Crippen LogP contribution in [0.15, 0.2) is 54.1 Å². The molecular formula is C17H15N3O3. The molecule has 0 bridgehead atoms. The van der Waals surface area contributed by atoms with E-state index in [1.165, 1.54) is 0 Å². The molecule has 6 nitrogen and oxygen atoms in total. The summed E-state index contributed by atoms with van der Waals surface area (Å²) < 4.78 is 5.57. The molecule has 116 valence electrons. The van der Waals surface area contributed by atoms with Gasteiger partial charge in [0.05, 0.1) is 5.57 Å². The van der Waals surface area contributed by atoms with Crippen molar-refractivity contribution in [3.63, 3.8) is 0 Å². The number of carbonyl (C=O) groups is 2. The first kappa shape index (κ1) is 14.6. The van der Waals surface area contributed by atoms with Crippen LogP contribution in [0.1, 0.15) is 5.56 Å². The van der Waals surface area contributed by atoms with Crippen LogP contribution in [0.5, 0.6) is 5.75 Å². The Hall–Kier alpha value is -3.28. The summed E-state index contributed by atoms with van der Waals surface area (Å²) in [6.07, 6.45) is 1.81. The van der Waals surface area contributed by atoms with E-state index in [1.54, 1.807) is 30.3 Å². The number of nitrogens with two attached hydrogens (primary N) is 1. The Morgan fingerprint density at radius 3 is 2.52 bits per heavy atom. The fraction of sp³-hybridized carbons (Fsp3) is 0.0588. The maximum atomic E-state index is 12.3. The molecule has 0 spiro atoms. The standard InChI is InChI=1S/C17H15N3O3/c18-17(22)20-14-6-3-5-13(9-14)19-16(21)12-8-11-4-1-2-7-15(11)23-10-12/h1-9H,10H2,(H,19,21)(H3,18,20,22). The summed E-state index contributed by atoms with van der Waals surface area (Å²) in [5, 5.41) is 5.24. The molecule has 0 atom stereocenters. The maximum Gasteiger partial charge on any atom is 0.316 e. The predicted octanol–water partition coefficient (Wildman–Crippen LogP) is 2.59. The van der Waals surface area contributed by atoms with Gasteiger partial charge in [0.1, 0.15) is 12.4 Å². The summed E-state index contributed by atoms with van der Waals surface area (Å²) in [6, 6.07) is 13.6. The zero-order valence-corrected chi connectivity index (χ0v) is 12.2. The van der Waals surface area contributed by atoms with Crippen molar-refractivity contribution in [1.29, 1.82) is 0 Å². The van der Waals surface area contributed by atoms with Crippen molar-refractivity contribution in [2.45, 2.75) is 0 Å². The fourth-order valence-corrected chi connectivity index (χ4v) is 2.28. The van der Waals surface area contributed by atoms with E-state index in [0.29, 0.717) is 16.9 Å². The van der Waals surface area contributed by atoms with Crippen molar-refractivity contribution < 1.29 is 14.3 Å². The number of benzene rings is 2. The van der Waals surface area contributed by atoms with Gasteiger partial charge >= 0.3 is 6.03 Å². The molecule has 1 aliphatic rings. The summed E-state index contributed by atoms with van der Waals surface area (Å²) >= 11 is 0. The van der Waals surface area contributed by atoms with Crippen LogP contribution in [-0.4, -0.2) is 18.5 Å². The molecule has 3 amide bonds. The molecule has 2 aromatic carbocycles. The van der Waals surface area contributed by atoms with Gasteiger partial charge in [-0.1, -0.05) is 24.3 Å². The first-order chi connectivity index (χ1) is 11.1. The second kappa shape index (κ2) is 6.23. The van der Waals surface area contributed by atoms with Crippen LogP contribution in [0.25, 0.3) is 6.08 Å². The lowest BCUT2D eigenvalue weighted by Gasteiger charge is -2.17. The number of anilines is 2. The highest BCUT2D eigenvalue weighted by Crippen LogP contribution is 2.26. The van der Waals surface area contributed by atoms with E-state index in [0.717, 1.165) is 11.3 Å². The van der Waals surface area contributed by atoms with Crippen molar-refractivity contribution in [2.24, 2.45) is 5.73 Å². The summed E-state index contributed by atoms with van der Waals surface area (Å²) in [5.41, 5.74) is 7.53. The van der Waals surface area contributed by atoms with E-state index in [9.17, 15) is 9.59 Å². The zero-order valence-electron chi connectivity index (χ0n) is 12.2. The zero-order chi connectivity index (χ0) is 16.2. The van der Waals surface area contributed by atoms with Gasteiger partial charge in [-0.2, -0.15) is 0 Å². The monoisotopic (exact) mass is 309 g/mol. The number of hydrogen-bond donors (Lipinski definition) is 3. The number of rotatable bonds is 3. The topological polar surface area (TPSA) is 93.5 Å². The Kier molecular flexibility index (Phi) is 3.97. The molecule has 0 radical (unpaired) electrons. The Morgan fingerprint density at radius 2 is 1.74 bits per heavy atom. The van der Waals surface area contributed by atoms with E-state index in [1.807, 2.05) is 24.3 Å². The molecule has 23 heavy (non-hydrogen) atoms. The summed E-state index contributed by atoms with van der Waals surface area (Å²) in [6.45, 7) is 0.210. The number of amides is 3. The molecule has 1 heterocycles. The number of fused-ring (bicyclic) bond motifs is 1. The second-order valence-corrected chi connectivity index (χ2v) is 5.02. The molecule has 6 heteroatoms. The number of para-hydroxylation sites is 1. The molecule has 0 fully saturated rings. The molecule has 2 aromatic rings. The fourth-order valence-electron chi connectivity index (χ4n) is 2.28. The van der Waals surface area contributed by atoms with Gasteiger partial charge in [-0.05, 0) is 30.3 Å². The smallest absolute Gasteiger partial charge is 0.316 e. The second-order valence-electron chi connectivity index (χ2n) is 5.02. The van der Waals surface area contributed by atoms with Gasteiger partial charge in [-0.15, -0.1) is 0 Å². The van der Waals surface area contributed by atoms with E-state index in [-0.39, 0.29) is 12.5 Å². The maximum absolute atomic E-state index is 12.3. The molecule has 3 rings (SSSR count). The van der Waals surface area contributed by atoms with Gasteiger partial charge in [-0.25, -0.2) is 4.79 Å². The lowest BCUT2D eigenvalue weighted by Crippen LogP contribution is -2.22. The third-order valence-electron chi connectivity index (χ3n) is 3.31. The average Bonchev–Trinajstić information content (AvgIpc) is 2.54. The van der Waals surface area contributed by atoms with Crippen molar-refractivity contribution in [3.05, 3.63) is 59.7 Å². The number of hydrogen-bond acceptors (Lipinski definition) is 3. The number of ether oxygens (including phenoxy) is 1. The summed E-state index contributed by atoms with van der Waals surface area (Å²) in [5.74, 6) is 0.507. The highest BCUT2D eigenvalue weighted by Gasteiger charge is 2.17. The Balaban J connectivity index is 1.75. The van der Waals surface area contributed by atoms with Gasteiger partial charge in [0, 0.05) is 16.9 Å². The van der Waals surface area contributed by atoms with Crippen molar-refractivity contribution in [1.82, 2.24) is 0 Å². The molecule has 0 saturated carbocycles. The quantitative estimate of drug-likeness (QED) is 0.813. The number of primary amides is 1. The Bertz CT molecular complexity index is 799. The summed E-state index contributed by atoms with van der Waals surface area (Å²) in [4.78, 5) is 23.2. The van der Waals surface area contributed by atoms with E-state index in [2.05, 4.69) is 10.6 Å². The lowest BCUT2D eigenvalue weighted by molar-refractivity contribution is -0.113. The Morgan fingerprint density at radius 1 is 1.00 bits per heavy atom. The molecule has 0 unspecified atom stereocenters. The lowest BCUT2D eigenvalue weighted by atomic mass is 10.1. The highest BCUT2D eigenvalue weighted by molar-refractivity contribution is 6.07. The van der Waals surface area contributed by atoms with Crippen molar-refractivity contribution in [3.8, 4) is 5.75 Å². The van der Waals surface area contributed by atoms with Crippen molar-refractivity contribution in [2.75, 3.05) is 17.2 Å². The van der Waals surface area contributed by atoms with Crippen LogP contribution in [0.2, 0.25) is 0 Å². The van der Waals surface area contributed by atoms with Gasteiger partial charge < -0.3 is 21.1 Å². The van der Waals surface area contributed by atoms with Gasteiger partial charge in [-0.3, -0.25) is 4.79 Å². The number of carbonyl (C=O) groups excluding carboxylic acids is 2. The third-order valence-corrected chi connectivity index (χ3v) is 3.31. The van der Waals surface area contributed by atoms with Crippen LogP contribution in [0.3, 0.4) is 0 Å². The van der Waals surface area contributed by atoms with Gasteiger partial charge in [0.2, 0.25) is 0 Å². The highest BCUT2D eigenvalue weighted by atomic mass is 16.5. The van der Waals surface area contributed by atoms with Crippen LogP contribution >= 0.6 is 0 Å². The largest absolute Gasteiger partial charge is 0.488 e. The first-order valence-electron chi connectivity index (χ1n) is 7.02.